The zero-order chi connectivity index (χ0) is 46.8. The number of rotatable bonds is 8. The minimum Gasteiger partial charge on any atom is -0.455 e. The number of aromatic nitrogens is 1. The smallest absolute Gasteiger partial charge is 0.143 e. The van der Waals surface area contributed by atoms with Gasteiger partial charge in [0, 0.05) is 49.6 Å². The van der Waals surface area contributed by atoms with Crippen LogP contribution in [-0.2, 0) is 0 Å². The van der Waals surface area contributed by atoms with Crippen LogP contribution in [0.5, 0.6) is 0 Å². The highest BCUT2D eigenvalue weighted by atomic mass is 16.3. The minimum atomic E-state index is 0.874. The van der Waals surface area contributed by atoms with E-state index in [0.717, 1.165) is 77.9 Å². The van der Waals surface area contributed by atoms with Gasteiger partial charge in [-0.25, -0.2) is 0 Å². The average molecular weight is 905 g/mol. The molecule has 14 aromatic rings. The lowest BCUT2D eigenvalue weighted by molar-refractivity contribution is 0.673. The van der Waals surface area contributed by atoms with Crippen molar-refractivity contribution >= 4 is 82.4 Å². The molecular weight excluding hydrogens is 861 g/mol. The van der Waals surface area contributed by atoms with Crippen molar-refractivity contribution in [2.24, 2.45) is 0 Å². The third-order valence-electron chi connectivity index (χ3n) is 14.4. The van der Waals surface area contributed by atoms with E-state index in [2.05, 4.69) is 276 Å². The van der Waals surface area contributed by atoms with Crippen molar-refractivity contribution in [3.63, 3.8) is 0 Å². The van der Waals surface area contributed by atoms with Gasteiger partial charge in [-0.05, 0) is 134 Å². The van der Waals surface area contributed by atoms with Crippen LogP contribution in [0.3, 0.4) is 0 Å². The van der Waals surface area contributed by atoms with Crippen molar-refractivity contribution in [2.75, 3.05) is 4.90 Å². The van der Waals surface area contributed by atoms with Crippen molar-refractivity contribution in [1.29, 1.82) is 0 Å². The Bertz CT molecular complexity index is 4280. The Kier molecular flexibility index (Phi) is 9.53. The second kappa shape index (κ2) is 16.7. The molecule has 0 saturated carbocycles. The lowest BCUT2D eigenvalue weighted by atomic mass is 9.97. The largest absolute Gasteiger partial charge is 0.455 e. The molecule has 0 fully saturated rings. The Hall–Kier alpha value is -9.44. The van der Waals surface area contributed by atoms with E-state index in [-0.39, 0.29) is 0 Å². The quantitative estimate of drug-likeness (QED) is 0.151. The molecule has 332 valence electrons. The van der Waals surface area contributed by atoms with E-state index in [1.54, 1.807) is 0 Å². The third kappa shape index (κ3) is 6.97. The first-order chi connectivity index (χ1) is 35.2. The third-order valence-corrected chi connectivity index (χ3v) is 14.4. The summed E-state index contributed by atoms with van der Waals surface area (Å²) < 4.78 is 9.10. The first-order valence-electron chi connectivity index (χ1n) is 24.3. The van der Waals surface area contributed by atoms with Gasteiger partial charge in [0.05, 0.1) is 16.7 Å². The Morgan fingerprint density at radius 3 is 1.51 bits per heavy atom. The summed E-state index contributed by atoms with van der Waals surface area (Å²) in [6.07, 6.45) is 0. The molecule has 0 atom stereocenters. The predicted molar refractivity (Wildman–Crippen MR) is 299 cm³/mol. The average Bonchev–Trinajstić information content (AvgIpc) is 4.00. The maximum atomic E-state index is 6.72. The van der Waals surface area contributed by atoms with E-state index in [1.807, 2.05) is 0 Å². The van der Waals surface area contributed by atoms with Crippen LogP contribution in [0.25, 0.3) is 115 Å². The van der Waals surface area contributed by atoms with Crippen LogP contribution < -0.4 is 4.90 Å². The van der Waals surface area contributed by atoms with Gasteiger partial charge in [-0.15, -0.1) is 0 Å². The molecular formula is C68H44N2O. The SMILES string of the molecule is c1cc(-c2ccc(N(c3ccc(-c4ccc(-c5ccc6ccccc6c5)cc4)cc3)c3ccccc3-c3ccc4c(c3)oc3c5ccccc5ccc43)cc2)cc(-n2c3ccccc3c3ccccc32)c1. The highest BCUT2D eigenvalue weighted by Crippen LogP contribution is 2.44. The summed E-state index contributed by atoms with van der Waals surface area (Å²) >= 11 is 0. The van der Waals surface area contributed by atoms with Crippen molar-refractivity contribution in [3.05, 3.63) is 267 Å². The zero-order valence-corrected chi connectivity index (χ0v) is 38.7. The van der Waals surface area contributed by atoms with E-state index >= 15 is 0 Å². The summed E-state index contributed by atoms with van der Waals surface area (Å²) in [5.41, 5.74) is 17.8. The number of furan rings is 1. The molecule has 12 aromatic carbocycles. The molecule has 2 heterocycles. The predicted octanol–water partition coefficient (Wildman–Crippen LogP) is 19.1. The van der Waals surface area contributed by atoms with Gasteiger partial charge < -0.3 is 13.9 Å². The van der Waals surface area contributed by atoms with Crippen molar-refractivity contribution in [1.82, 2.24) is 4.57 Å². The summed E-state index contributed by atoms with van der Waals surface area (Å²) in [6.45, 7) is 0. The molecule has 0 saturated heterocycles. The molecule has 3 nitrogen and oxygen atoms in total. The van der Waals surface area contributed by atoms with E-state index in [0.29, 0.717) is 0 Å². The molecule has 0 unspecified atom stereocenters. The molecule has 0 aliphatic rings. The van der Waals surface area contributed by atoms with E-state index in [9.17, 15) is 0 Å². The molecule has 0 radical (unpaired) electrons. The van der Waals surface area contributed by atoms with Crippen molar-refractivity contribution in [2.45, 2.75) is 0 Å². The van der Waals surface area contributed by atoms with Crippen molar-refractivity contribution in [3.8, 4) is 50.2 Å². The van der Waals surface area contributed by atoms with Crippen LogP contribution in [0.15, 0.2) is 271 Å². The summed E-state index contributed by atoms with van der Waals surface area (Å²) in [5, 5.41) is 9.56. The van der Waals surface area contributed by atoms with Crippen LogP contribution in [-0.4, -0.2) is 4.57 Å². The molecule has 0 bridgehead atoms. The molecule has 2 aromatic heterocycles. The molecule has 0 amide bonds. The molecule has 14 rings (SSSR count). The maximum Gasteiger partial charge on any atom is 0.143 e. The topological polar surface area (TPSA) is 21.3 Å². The normalized spacial score (nSPS) is 11.7. The van der Waals surface area contributed by atoms with Crippen LogP contribution in [0.1, 0.15) is 0 Å². The monoisotopic (exact) mass is 904 g/mol. The van der Waals surface area contributed by atoms with Gasteiger partial charge in [-0.2, -0.15) is 0 Å². The zero-order valence-electron chi connectivity index (χ0n) is 38.7. The fourth-order valence-corrected chi connectivity index (χ4v) is 10.9. The standard InChI is InChI=1S/C68H44N2O/c1-2-14-51-42-53(29-28-45(51)12-1)48-26-24-46(25-27-48)47-30-36-55(37-31-47)69(64-21-8-5-17-58(64)54-35-40-62-63-41-34-50-13-3-4-18-59(50)68(63)71-67(62)44-54)56-38-32-49(33-39-56)52-15-11-16-57(43-52)70-65-22-9-6-19-60(65)61-20-7-10-23-66(61)70/h1-44H. The maximum absolute atomic E-state index is 6.72. The van der Waals surface area contributed by atoms with Crippen LogP contribution in [0, 0.1) is 0 Å². The summed E-state index contributed by atoms with van der Waals surface area (Å²) in [6, 6.07) is 96.7. The van der Waals surface area contributed by atoms with E-state index < -0.39 is 0 Å². The Morgan fingerprint density at radius 1 is 0.296 bits per heavy atom. The van der Waals surface area contributed by atoms with Gasteiger partial charge in [0.25, 0.3) is 0 Å². The lowest BCUT2D eigenvalue weighted by Crippen LogP contribution is -2.11. The Balaban J connectivity index is 0.853. The Morgan fingerprint density at radius 2 is 0.803 bits per heavy atom. The first-order valence-corrected chi connectivity index (χ1v) is 24.3. The van der Waals surface area contributed by atoms with Crippen LogP contribution in [0.4, 0.5) is 17.1 Å². The summed E-state index contributed by atoms with van der Waals surface area (Å²) in [7, 11) is 0. The fraction of sp³-hybridized carbons (Fsp3) is 0. The molecule has 0 spiro atoms. The number of fused-ring (bicyclic) bond motifs is 9. The van der Waals surface area contributed by atoms with Crippen LogP contribution in [0.2, 0.25) is 0 Å². The van der Waals surface area contributed by atoms with E-state index in [1.165, 1.54) is 54.7 Å². The molecule has 71 heavy (non-hydrogen) atoms. The van der Waals surface area contributed by atoms with Gasteiger partial charge in [-0.3, -0.25) is 0 Å². The van der Waals surface area contributed by atoms with Gasteiger partial charge in [0.2, 0.25) is 0 Å². The van der Waals surface area contributed by atoms with Gasteiger partial charge in [-0.1, -0.05) is 188 Å². The van der Waals surface area contributed by atoms with Gasteiger partial charge >= 0.3 is 0 Å². The van der Waals surface area contributed by atoms with Crippen LogP contribution >= 0.6 is 0 Å². The van der Waals surface area contributed by atoms with Crippen molar-refractivity contribution < 1.29 is 4.42 Å². The number of hydrogen-bond donors (Lipinski definition) is 0. The highest BCUT2D eigenvalue weighted by Gasteiger charge is 2.20. The molecule has 0 aliphatic heterocycles. The Labute approximate surface area is 411 Å². The molecule has 3 heteroatoms. The first kappa shape index (κ1) is 40.6. The van der Waals surface area contributed by atoms with E-state index in [4.69, 9.17) is 4.42 Å². The van der Waals surface area contributed by atoms with Gasteiger partial charge in [0.1, 0.15) is 11.2 Å². The molecule has 0 N–H and O–H groups in total. The fourth-order valence-electron chi connectivity index (χ4n) is 10.9. The lowest BCUT2D eigenvalue weighted by Gasteiger charge is -2.28. The number of benzene rings is 12. The number of para-hydroxylation sites is 3. The summed E-state index contributed by atoms with van der Waals surface area (Å²) in [5.74, 6) is 0. The highest BCUT2D eigenvalue weighted by molar-refractivity contribution is 6.15. The number of hydrogen-bond acceptors (Lipinski definition) is 2. The molecule has 0 aliphatic carbocycles. The second-order valence-electron chi connectivity index (χ2n) is 18.5. The second-order valence-corrected chi connectivity index (χ2v) is 18.5. The van der Waals surface area contributed by atoms with Gasteiger partial charge in [0.15, 0.2) is 0 Å². The summed E-state index contributed by atoms with van der Waals surface area (Å²) in [4.78, 5) is 2.39. The number of nitrogens with zero attached hydrogens (tertiary/aromatic N) is 2. The minimum absolute atomic E-state index is 0.874. The number of anilines is 3.